The highest BCUT2D eigenvalue weighted by Gasteiger charge is 2.52. The summed E-state index contributed by atoms with van der Waals surface area (Å²) in [5.74, 6) is 0.903. The van der Waals surface area contributed by atoms with Gasteiger partial charge in [0, 0.05) is 36.7 Å². The first-order valence-electron chi connectivity index (χ1n) is 11.8. The number of methoxy groups -OCH3 is 1. The molecule has 0 aromatic carbocycles. The average Bonchev–Trinajstić information content (AvgIpc) is 3.29. The van der Waals surface area contributed by atoms with Gasteiger partial charge in [-0.1, -0.05) is 27.2 Å². The summed E-state index contributed by atoms with van der Waals surface area (Å²) in [7, 11) is 3.94. The van der Waals surface area contributed by atoms with Gasteiger partial charge in [-0.05, 0) is 51.1 Å². The van der Waals surface area contributed by atoms with Crippen molar-refractivity contribution in [3.05, 3.63) is 17.5 Å². The maximum atomic E-state index is 6.53. The van der Waals surface area contributed by atoms with Gasteiger partial charge in [0.1, 0.15) is 0 Å². The number of aromatic nitrogens is 2. The Balaban J connectivity index is 1.69. The van der Waals surface area contributed by atoms with E-state index in [1.54, 1.807) is 7.11 Å². The number of rotatable bonds is 11. The van der Waals surface area contributed by atoms with Crippen molar-refractivity contribution < 1.29 is 14.2 Å². The van der Waals surface area contributed by atoms with E-state index in [9.17, 15) is 0 Å². The Labute approximate surface area is 183 Å². The van der Waals surface area contributed by atoms with Crippen LogP contribution in [-0.4, -0.2) is 67.8 Å². The molecule has 1 aromatic rings. The molecular weight excluding hydrogens is 378 g/mol. The number of aromatic amines is 1. The summed E-state index contributed by atoms with van der Waals surface area (Å²) in [4.78, 5) is 2.41. The molecule has 172 valence electrons. The summed E-state index contributed by atoms with van der Waals surface area (Å²) in [6, 6.07) is 0. The van der Waals surface area contributed by atoms with Crippen LogP contribution in [0, 0.1) is 11.3 Å². The molecule has 3 rings (SSSR count). The van der Waals surface area contributed by atoms with Crippen LogP contribution in [0.25, 0.3) is 0 Å². The van der Waals surface area contributed by atoms with Gasteiger partial charge in [0.15, 0.2) is 0 Å². The number of ether oxygens (including phenoxy) is 3. The van der Waals surface area contributed by atoms with E-state index in [1.165, 1.54) is 24.1 Å². The van der Waals surface area contributed by atoms with Crippen molar-refractivity contribution in [3.63, 3.8) is 0 Å². The van der Waals surface area contributed by atoms with Crippen LogP contribution >= 0.6 is 0 Å². The highest BCUT2D eigenvalue weighted by molar-refractivity contribution is 5.22. The summed E-state index contributed by atoms with van der Waals surface area (Å²) < 4.78 is 17.7. The number of nitrogens with one attached hydrogen (secondary N) is 1. The van der Waals surface area contributed by atoms with Gasteiger partial charge in [0.25, 0.3) is 0 Å². The highest BCUT2D eigenvalue weighted by Crippen LogP contribution is 2.53. The van der Waals surface area contributed by atoms with Crippen molar-refractivity contribution in [1.29, 1.82) is 0 Å². The Bertz CT molecular complexity index is 647. The Kier molecular flexibility index (Phi) is 8.36. The second kappa shape index (κ2) is 10.6. The monoisotopic (exact) mass is 421 g/mol. The van der Waals surface area contributed by atoms with E-state index in [0.29, 0.717) is 25.0 Å². The fraction of sp³-hybridized carbons (Fsp3) is 0.875. The second-order valence-electron chi connectivity index (χ2n) is 10.3. The molecule has 1 unspecified atom stereocenters. The predicted octanol–water partition coefficient (Wildman–Crippen LogP) is 4.37. The molecule has 1 saturated heterocycles. The van der Waals surface area contributed by atoms with Crippen LogP contribution in [0.15, 0.2) is 6.20 Å². The van der Waals surface area contributed by atoms with E-state index >= 15 is 0 Å². The maximum absolute atomic E-state index is 6.53. The lowest BCUT2D eigenvalue weighted by Crippen LogP contribution is -2.45. The lowest BCUT2D eigenvalue weighted by molar-refractivity contribution is -0.101. The van der Waals surface area contributed by atoms with Crippen molar-refractivity contribution in [2.75, 3.05) is 47.1 Å². The van der Waals surface area contributed by atoms with Crippen LogP contribution in [0.3, 0.4) is 0 Å². The van der Waals surface area contributed by atoms with Crippen LogP contribution in [0.1, 0.15) is 76.5 Å². The van der Waals surface area contributed by atoms with Crippen LogP contribution < -0.4 is 0 Å². The van der Waals surface area contributed by atoms with Gasteiger partial charge in [-0.2, -0.15) is 5.10 Å². The molecule has 30 heavy (non-hydrogen) atoms. The fourth-order valence-electron chi connectivity index (χ4n) is 5.42. The number of unbranched alkanes of at least 4 members (excludes halogenated alkanes) is 1. The van der Waals surface area contributed by atoms with Crippen LogP contribution in [0.2, 0.25) is 0 Å². The SMILES string of the molecule is CCCCN(C)Cc1cn[nH]c1[C@@H]1CC[C@@]2(CC(C)(C)CO2)C(COCCOC)C1. The molecule has 6 heteroatoms. The van der Waals surface area contributed by atoms with Crippen LogP contribution in [0.5, 0.6) is 0 Å². The average molecular weight is 422 g/mol. The minimum atomic E-state index is -0.0365. The largest absolute Gasteiger partial charge is 0.382 e. The summed E-state index contributed by atoms with van der Waals surface area (Å²) >= 11 is 0. The van der Waals surface area contributed by atoms with Gasteiger partial charge in [-0.15, -0.1) is 0 Å². The Morgan fingerprint density at radius 3 is 2.87 bits per heavy atom. The molecule has 1 aliphatic carbocycles. The molecule has 6 nitrogen and oxygen atoms in total. The van der Waals surface area contributed by atoms with E-state index in [-0.39, 0.29) is 11.0 Å². The van der Waals surface area contributed by atoms with Gasteiger partial charge in [-0.25, -0.2) is 0 Å². The number of hydrogen-bond acceptors (Lipinski definition) is 5. The number of hydrogen-bond donors (Lipinski definition) is 1. The van der Waals surface area contributed by atoms with Crippen molar-refractivity contribution in [2.24, 2.45) is 11.3 Å². The van der Waals surface area contributed by atoms with E-state index in [2.05, 4.69) is 42.9 Å². The van der Waals surface area contributed by atoms with Crippen LogP contribution in [-0.2, 0) is 20.8 Å². The molecule has 0 radical (unpaired) electrons. The van der Waals surface area contributed by atoms with Crippen molar-refractivity contribution in [2.45, 2.75) is 77.4 Å². The summed E-state index contributed by atoms with van der Waals surface area (Å²) in [6.45, 7) is 11.9. The summed E-state index contributed by atoms with van der Waals surface area (Å²) in [5, 5.41) is 7.77. The second-order valence-corrected chi connectivity index (χ2v) is 10.3. The Morgan fingerprint density at radius 2 is 2.17 bits per heavy atom. The topological polar surface area (TPSA) is 59.6 Å². The van der Waals surface area contributed by atoms with Crippen molar-refractivity contribution in [1.82, 2.24) is 15.1 Å². The van der Waals surface area contributed by atoms with Gasteiger partial charge in [-0.3, -0.25) is 5.10 Å². The molecule has 3 atom stereocenters. The summed E-state index contributed by atoms with van der Waals surface area (Å²) in [5.41, 5.74) is 2.89. The highest BCUT2D eigenvalue weighted by atomic mass is 16.5. The third-order valence-electron chi connectivity index (χ3n) is 7.00. The smallest absolute Gasteiger partial charge is 0.0739 e. The first kappa shape index (κ1) is 23.7. The molecule has 1 N–H and O–H groups in total. The zero-order chi connectivity index (χ0) is 21.6. The molecule has 2 aliphatic rings. The lowest BCUT2D eigenvalue weighted by atomic mass is 9.66. The molecule has 2 fully saturated rings. The third-order valence-corrected chi connectivity index (χ3v) is 7.00. The quantitative estimate of drug-likeness (QED) is 0.538. The minimum absolute atomic E-state index is 0.0365. The third kappa shape index (κ3) is 5.84. The van der Waals surface area contributed by atoms with Crippen molar-refractivity contribution >= 4 is 0 Å². The zero-order valence-corrected chi connectivity index (χ0v) is 19.8. The lowest BCUT2D eigenvalue weighted by Gasteiger charge is -2.44. The van der Waals surface area contributed by atoms with Crippen molar-refractivity contribution in [3.8, 4) is 0 Å². The van der Waals surface area contributed by atoms with Crippen LogP contribution in [0.4, 0.5) is 0 Å². The molecular formula is C24H43N3O3. The van der Waals surface area contributed by atoms with E-state index in [1.807, 2.05) is 6.20 Å². The molecule has 0 bridgehead atoms. The molecule has 2 heterocycles. The van der Waals surface area contributed by atoms with Gasteiger partial charge < -0.3 is 19.1 Å². The number of H-pyrrole nitrogens is 1. The van der Waals surface area contributed by atoms with E-state index in [4.69, 9.17) is 14.2 Å². The maximum Gasteiger partial charge on any atom is 0.0739 e. The van der Waals surface area contributed by atoms with Gasteiger partial charge in [0.2, 0.25) is 0 Å². The first-order chi connectivity index (χ1) is 14.4. The Morgan fingerprint density at radius 1 is 1.33 bits per heavy atom. The first-order valence-corrected chi connectivity index (χ1v) is 11.8. The normalized spacial score (nSPS) is 28.6. The fourth-order valence-corrected chi connectivity index (χ4v) is 5.42. The zero-order valence-electron chi connectivity index (χ0n) is 19.8. The molecule has 1 spiro atoms. The predicted molar refractivity (Wildman–Crippen MR) is 120 cm³/mol. The molecule has 1 aliphatic heterocycles. The molecule has 1 aromatic heterocycles. The van der Waals surface area contributed by atoms with Gasteiger partial charge in [0.05, 0.1) is 38.2 Å². The Hall–Kier alpha value is -0.950. The number of nitrogens with zero attached hydrogens (tertiary/aromatic N) is 2. The summed E-state index contributed by atoms with van der Waals surface area (Å²) in [6.07, 6.45) is 8.97. The molecule has 1 saturated carbocycles. The van der Waals surface area contributed by atoms with E-state index in [0.717, 1.165) is 52.0 Å². The van der Waals surface area contributed by atoms with Gasteiger partial charge >= 0.3 is 0 Å². The minimum Gasteiger partial charge on any atom is -0.382 e. The molecule has 0 amide bonds. The van der Waals surface area contributed by atoms with E-state index < -0.39 is 0 Å². The standard InChI is InChI=1S/C24H43N3O3/c1-6-7-10-27(4)15-20-14-25-26-22(20)19-8-9-24(17-23(2,3)18-30-24)21(13-19)16-29-12-11-28-5/h14,19,21H,6-13,15-18H2,1-5H3,(H,25,26)/t19-,21?,24-/m1/s1.